The fourth-order valence-corrected chi connectivity index (χ4v) is 5.21. The number of benzene rings is 2. The van der Waals surface area contributed by atoms with Crippen LogP contribution in [0.1, 0.15) is 28.7 Å². The van der Waals surface area contributed by atoms with Crippen LogP contribution in [0.15, 0.2) is 77.9 Å². The van der Waals surface area contributed by atoms with Crippen LogP contribution >= 0.6 is 0 Å². The highest BCUT2D eigenvalue weighted by atomic mass is 16.2. The third-order valence-electron chi connectivity index (χ3n) is 7.23. The van der Waals surface area contributed by atoms with Gasteiger partial charge >= 0.3 is 6.03 Å². The molecule has 1 N–H and O–H groups in total. The van der Waals surface area contributed by atoms with Gasteiger partial charge in [-0.2, -0.15) is 0 Å². The number of urea groups is 1. The molecule has 0 atom stereocenters. The van der Waals surface area contributed by atoms with Gasteiger partial charge in [-0.15, -0.1) is 0 Å². The van der Waals surface area contributed by atoms with Crippen molar-refractivity contribution in [1.29, 1.82) is 0 Å². The molecule has 0 aliphatic carbocycles. The van der Waals surface area contributed by atoms with E-state index in [2.05, 4.69) is 57.7 Å². The minimum Gasteiger partial charge on any atom is -0.314 e. The largest absolute Gasteiger partial charge is 0.329 e. The predicted molar refractivity (Wildman–Crippen MR) is 143 cm³/mol. The zero-order valence-electron chi connectivity index (χ0n) is 21.1. The quantitative estimate of drug-likeness (QED) is 0.432. The molecule has 9 heteroatoms. The summed E-state index contributed by atoms with van der Waals surface area (Å²) >= 11 is 0. The number of nitrogens with zero attached hydrogens (tertiary/aromatic N) is 5. The van der Waals surface area contributed by atoms with E-state index < -0.39 is 6.03 Å². The predicted octanol–water partition coefficient (Wildman–Crippen LogP) is 3.26. The molecule has 0 radical (unpaired) electrons. The SMILES string of the molecule is Cn1c(N2CCC(=O)NC2=O)cnc1-c1ccc2c(c1)CN(Cc1ccc(Cn3ccccc3=O)cc1)C2. The van der Waals surface area contributed by atoms with Gasteiger partial charge in [-0.1, -0.05) is 42.5 Å². The Hall–Kier alpha value is -4.50. The number of rotatable bonds is 6. The fraction of sp³-hybridized carbons (Fsp3) is 0.241. The van der Waals surface area contributed by atoms with Crippen molar-refractivity contribution in [2.24, 2.45) is 7.05 Å². The van der Waals surface area contributed by atoms with E-state index in [1.54, 1.807) is 27.8 Å². The van der Waals surface area contributed by atoms with Crippen LogP contribution in [-0.2, 0) is 38.0 Å². The number of anilines is 1. The summed E-state index contributed by atoms with van der Waals surface area (Å²) in [5, 5.41) is 2.37. The Morgan fingerprint density at radius 3 is 2.42 bits per heavy atom. The number of aromatic nitrogens is 3. The van der Waals surface area contributed by atoms with Crippen LogP contribution in [0.4, 0.5) is 10.6 Å². The molecule has 192 valence electrons. The van der Waals surface area contributed by atoms with E-state index in [0.717, 1.165) is 36.6 Å². The molecule has 0 bridgehead atoms. The van der Waals surface area contributed by atoms with Gasteiger partial charge in [-0.05, 0) is 34.4 Å². The summed E-state index contributed by atoms with van der Waals surface area (Å²) in [5.41, 5.74) is 5.90. The first-order valence-electron chi connectivity index (χ1n) is 12.7. The third kappa shape index (κ3) is 4.64. The molecule has 1 saturated heterocycles. The van der Waals surface area contributed by atoms with E-state index in [-0.39, 0.29) is 17.9 Å². The van der Waals surface area contributed by atoms with Crippen LogP contribution in [0, 0.1) is 0 Å². The molecule has 38 heavy (non-hydrogen) atoms. The Balaban J connectivity index is 1.13. The van der Waals surface area contributed by atoms with E-state index in [0.29, 0.717) is 18.9 Å². The second-order valence-corrected chi connectivity index (χ2v) is 9.87. The molecule has 3 amide bonds. The van der Waals surface area contributed by atoms with E-state index in [9.17, 15) is 14.4 Å². The highest BCUT2D eigenvalue weighted by Gasteiger charge is 2.27. The lowest BCUT2D eigenvalue weighted by molar-refractivity contribution is -0.120. The minimum atomic E-state index is -0.414. The normalized spacial score (nSPS) is 15.6. The second-order valence-electron chi connectivity index (χ2n) is 9.87. The third-order valence-corrected chi connectivity index (χ3v) is 7.23. The van der Waals surface area contributed by atoms with Gasteiger partial charge in [0.05, 0.1) is 12.7 Å². The molecular weight excluding hydrogens is 480 g/mol. The van der Waals surface area contributed by atoms with Crippen LogP contribution in [0.5, 0.6) is 0 Å². The van der Waals surface area contributed by atoms with Crippen molar-refractivity contribution in [1.82, 2.24) is 24.3 Å². The average Bonchev–Trinajstić information content (AvgIpc) is 3.48. The number of nitrogens with one attached hydrogen (secondary N) is 1. The van der Waals surface area contributed by atoms with E-state index in [1.807, 2.05) is 23.9 Å². The number of imidazole rings is 1. The molecule has 0 saturated carbocycles. The lowest BCUT2D eigenvalue weighted by atomic mass is 10.1. The minimum absolute atomic E-state index is 0.000948. The topological polar surface area (TPSA) is 92.5 Å². The molecular formula is C29H28N6O3. The van der Waals surface area contributed by atoms with Crippen molar-refractivity contribution >= 4 is 17.8 Å². The summed E-state index contributed by atoms with van der Waals surface area (Å²) in [7, 11) is 1.89. The number of amides is 3. The monoisotopic (exact) mass is 508 g/mol. The molecule has 1 fully saturated rings. The zero-order valence-corrected chi connectivity index (χ0v) is 21.1. The summed E-state index contributed by atoms with van der Waals surface area (Å²) in [6.07, 6.45) is 3.77. The van der Waals surface area contributed by atoms with Gasteiger partial charge in [0.2, 0.25) is 5.91 Å². The van der Waals surface area contributed by atoms with Crippen molar-refractivity contribution in [2.45, 2.75) is 32.6 Å². The highest BCUT2D eigenvalue weighted by Crippen LogP contribution is 2.31. The first-order valence-corrected chi connectivity index (χ1v) is 12.7. The maximum atomic E-state index is 12.3. The van der Waals surface area contributed by atoms with Gasteiger partial charge in [-0.3, -0.25) is 24.7 Å². The molecule has 4 aromatic rings. The number of hydrogen-bond donors (Lipinski definition) is 1. The van der Waals surface area contributed by atoms with Gasteiger partial charge in [0.1, 0.15) is 11.6 Å². The molecule has 6 rings (SSSR count). The first-order chi connectivity index (χ1) is 18.4. The van der Waals surface area contributed by atoms with Gasteiger partial charge in [0.25, 0.3) is 5.56 Å². The maximum Gasteiger partial charge on any atom is 0.329 e. The Kier molecular flexibility index (Phi) is 6.13. The highest BCUT2D eigenvalue weighted by molar-refractivity contribution is 6.05. The van der Waals surface area contributed by atoms with Crippen LogP contribution in [0.25, 0.3) is 11.4 Å². The van der Waals surface area contributed by atoms with E-state index in [4.69, 9.17) is 0 Å². The summed E-state index contributed by atoms with van der Waals surface area (Å²) in [6.45, 7) is 3.47. The fourth-order valence-electron chi connectivity index (χ4n) is 5.21. The number of fused-ring (bicyclic) bond motifs is 1. The number of hydrogen-bond acceptors (Lipinski definition) is 5. The van der Waals surface area contributed by atoms with Crippen LogP contribution in [0.2, 0.25) is 0 Å². The molecule has 2 aliphatic heterocycles. The summed E-state index contributed by atoms with van der Waals surface area (Å²) in [4.78, 5) is 44.3. The van der Waals surface area contributed by atoms with Crippen LogP contribution in [0.3, 0.4) is 0 Å². The Labute approximate surface area is 219 Å². The van der Waals surface area contributed by atoms with Crippen LogP contribution in [-0.4, -0.2) is 37.5 Å². The maximum absolute atomic E-state index is 12.3. The molecule has 4 heterocycles. The van der Waals surface area contributed by atoms with Gasteiger partial charge in [-0.25, -0.2) is 9.78 Å². The lowest BCUT2D eigenvalue weighted by Crippen LogP contribution is -2.50. The number of pyridine rings is 1. The summed E-state index contributed by atoms with van der Waals surface area (Å²) < 4.78 is 3.60. The molecule has 2 aromatic carbocycles. The molecule has 2 aliphatic rings. The zero-order chi connectivity index (χ0) is 26.2. The molecule has 2 aromatic heterocycles. The number of imide groups is 1. The average molecular weight is 509 g/mol. The number of carbonyl (C=O) groups excluding carboxylic acids is 2. The van der Waals surface area contributed by atoms with Crippen molar-refractivity contribution in [3.05, 3.63) is 106 Å². The Morgan fingerprint density at radius 1 is 0.895 bits per heavy atom. The molecule has 9 nitrogen and oxygen atoms in total. The lowest BCUT2D eigenvalue weighted by Gasteiger charge is -2.26. The molecule has 0 spiro atoms. The smallest absolute Gasteiger partial charge is 0.314 e. The van der Waals surface area contributed by atoms with Crippen molar-refractivity contribution in [3.63, 3.8) is 0 Å². The first kappa shape index (κ1) is 23.9. The van der Waals surface area contributed by atoms with E-state index in [1.165, 1.54) is 16.7 Å². The summed E-state index contributed by atoms with van der Waals surface area (Å²) in [6, 6.07) is 19.7. The van der Waals surface area contributed by atoms with Crippen molar-refractivity contribution in [2.75, 3.05) is 11.4 Å². The second kappa shape index (κ2) is 9.75. The van der Waals surface area contributed by atoms with Gasteiger partial charge in [0.15, 0.2) is 0 Å². The van der Waals surface area contributed by atoms with Crippen molar-refractivity contribution < 1.29 is 9.59 Å². The summed E-state index contributed by atoms with van der Waals surface area (Å²) in [5.74, 6) is 1.18. The number of carbonyl (C=O) groups is 2. The van der Waals surface area contributed by atoms with Gasteiger partial charge in [0, 0.05) is 57.5 Å². The van der Waals surface area contributed by atoms with Gasteiger partial charge < -0.3 is 9.13 Å². The van der Waals surface area contributed by atoms with Crippen molar-refractivity contribution in [3.8, 4) is 11.4 Å². The van der Waals surface area contributed by atoms with Crippen LogP contribution < -0.4 is 15.8 Å². The Bertz CT molecular complexity index is 1590. The van der Waals surface area contributed by atoms with E-state index >= 15 is 0 Å². The Morgan fingerprint density at radius 2 is 1.66 bits per heavy atom. The molecule has 0 unspecified atom stereocenters. The standard InChI is InChI=1S/C29H28N6O3/c1-32-26(35-13-11-25(36)31-29(35)38)15-30-28(32)22-9-10-23-18-33(19-24(23)14-22)16-20-5-7-21(8-6-20)17-34-12-3-2-4-27(34)37/h2-10,12,14-15H,11,13,16-19H2,1H3,(H,31,36,38).